The fourth-order valence-electron chi connectivity index (χ4n) is 2.24. The van der Waals surface area contributed by atoms with Crippen molar-refractivity contribution in [1.29, 1.82) is 0 Å². The Bertz CT molecular complexity index is 839. The van der Waals surface area contributed by atoms with Gasteiger partial charge >= 0.3 is 5.97 Å². The van der Waals surface area contributed by atoms with E-state index in [1.807, 2.05) is 6.92 Å². The van der Waals surface area contributed by atoms with E-state index in [-0.39, 0.29) is 24.1 Å². The van der Waals surface area contributed by atoms with E-state index >= 15 is 0 Å². The van der Waals surface area contributed by atoms with Crippen molar-refractivity contribution >= 4 is 35.1 Å². The molecular formula is C21H22FNO5S. The van der Waals surface area contributed by atoms with E-state index < -0.39 is 17.0 Å². The SMILES string of the molecule is CCOc1ccc(C(=O)COC(=O)[C@@H](C)SCC(=O)Nc2ccc(F)cc2)cc1. The van der Waals surface area contributed by atoms with Crippen molar-refractivity contribution in [3.63, 3.8) is 0 Å². The highest BCUT2D eigenvalue weighted by molar-refractivity contribution is 8.01. The van der Waals surface area contributed by atoms with Gasteiger partial charge in [0.2, 0.25) is 5.91 Å². The van der Waals surface area contributed by atoms with Crippen molar-refractivity contribution < 1.29 is 28.2 Å². The van der Waals surface area contributed by atoms with Crippen LogP contribution >= 0.6 is 11.8 Å². The van der Waals surface area contributed by atoms with Crippen LogP contribution in [0.15, 0.2) is 48.5 Å². The Hall–Kier alpha value is -2.87. The minimum absolute atomic E-state index is 0.0144. The van der Waals surface area contributed by atoms with Crippen molar-refractivity contribution in [3.8, 4) is 5.75 Å². The predicted octanol–water partition coefficient (Wildman–Crippen LogP) is 3.71. The molecule has 1 atom stereocenters. The summed E-state index contributed by atoms with van der Waals surface area (Å²) in [5, 5.41) is 1.98. The van der Waals surface area contributed by atoms with E-state index in [1.54, 1.807) is 31.2 Å². The lowest BCUT2D eigenvalue weighted by Gasteiger charge is -2.11. The number of carbonyl (C=O) groups is 3. The van der Waals surface area contributed by atoms with Gasteiger partial charge in [0, 0.05) is 11.3 Å². The Balaban J connectivity index is 1.73. The highest BCUT2D eigenvalue weighted by atomic mass is 32.2. The molecule has 0 saturated carbocycles. The molecule has 2 aromatic rings. The number of ketones is 1. The molecule has 0 aliphatic heterocycles. The van der Waals surface area contributed by atoms with Gasteiger partial charge in [0.25, 0.3) is 0 Å². The summed E-state index contributed by atoms with van der Waals surface area (Å²) in [5.74, 6) is -0.956. The maximum Gasteiger partial charge on any atom is 0.319 e. The minimum atomic E-state index is -0.623. The quantitative estimate of drug-likeness (QED) is 0.467. The van der Waals surface area contributed by atoms with E-state index in [1.165, 1.54) is 24.3 Å². The summed E-state index contributed by atoms with van der Waals surface area (Å²) in [6.07, 6.45) is 0. The molecule has 1 amide bonds. The Morgan fingerprint density at radius 2 is 1.72 bits per heavy atom. The fourth-order valence-corrected chi connectivity index (χ4v) is 2.92. The minimum Gasteiger partial charge on any atom is -0.494 e. The lowest BCUT2D eigenvalue weighted by atomic mass is 10.1. The zero-order chi connectivity index (χ0) is 21.2. The molecule has 0 spiro atoms. The molecule has 8 heteroatoms. The average molecular weight is 419 g/mol. The summed E-state index contributed by atoms with van der Waals surface area (Å²) in [6, 6.07) is 11.9. The second-order valence-corrected chi connectivity index (χ2v) is 7.33. The number of rotatable bonds is 10. The molecule has 0 fully saturated rings. The number of carbonyl (C=O) groups excluding carboxylic acids is 3. The monoisotopic (exact) mass is 419 g/mol. The molecule has 0 bridgehead atoms. The first-order valence-electron chi connectivity index (χ1n) is 8.98. The van der Waals surface area contributed by atoms with Gasteiger partial charge in [-0.05, 0) is 62.4 Å². The summed E-state index contributed by atoms with van der Waals surface area (Å²) < 4.78 is 23.2. The van der Waals surface area contributed by atoms with E-state index in [0.717, 1.165) is 11.8 Å². The number of ether oxygens (including phenoxy) is 2. The number of benzene rings is 2. The number of esters is 1. The lowest BCUT2D eigenvalue weighted by molar-refractivity contribution is -0.141. The van der Waals surface area contributed by atoms with Crippen LogP contribution in [-0.2, 0) is 14.3 Å². The molecule has 29 heavy (non-hydrogen) atoms. The molecule has 154 valence electrons. The zero-order valence-corrected chi connectivity index (χ0v) is 17.0. The van der Waals surface area contributed by atoms with Crippen LogP contribution in [0.4, 0.5) is 10.1 Å². The first-order valence-corrected chi connectivity index (χ1v) is 10.0. The van der Waals surface area contributed by atoms with Crippen LogP contribution in [0.3, 0.4) is 0 Å². The summed E-state index contributed by atoms with van der Waals surface area (Å²) in [5.41, 5.74) is 0.883. The highest BCUT2D eigenvalue weighted by Gasteiger charge is 2.18. The van der Waals surface area contributed by atoms with Crippen LogP contribution < -0.4 is 10.1 Å². The number of nitrogens with one attached hydrogen (secondary N) is 1. The van der Waals surface area contributed by atoms with Gasteiger partial charge in [-0.2, -0.15) is 0 Å². The molecule has 0 unspecified atom stereocenters. The molecule has 0 aliphatic rings. The van der Waals surface area contributed by atoms with Gasteiger partial charge < -0.3 is 14.8 Å². The van der Waals surface area contributed by atoms with Crippen LogP contribution in [0.2, 0.25) is 0 Å². The number of thioether (sulfide) groups is 1. The third-order valence-corrected chi connectivity index (χ3v) is 4.88. The summed E-state index contributed by atoms with van der Waals surface area (Å²) >= 11 is 1.08. The number of hydrogen-bond donors (Lipinski definition) is 1. The molecule has 2 rings (SSSR count). The predicted molar refractivity (Wildman–Crippen MR) is 110 cm³/mol. The molecule has 6 nitrogen and oxygen atoms in total. The van der Waals surface area contributed by atoms with E-state index in [9.17, 15) is 18.8 Å². The Kier molecular flexibility index (Phi) is 8.67. The molecule has 1 N–H and O–H groups in total. The van der Waals surface area contributed by atoms with Crippen LogP contribution in [0.25, 0.3) is 0 Å². The maximum atomic E-state index is 12.9. The normalized spacial score (nSPS) is 11.4. The van der Waals surface area contributed by atoms with E-state index in [4.69, 9.17) is 9.47 Å². The zero-order valence-electron chi connectivity index (χ0n) is 16.1. The number of hydrogen-bond acceptors (Lipinski definition) is 6. The molecule has 0 aliphatic carbocycles. The first kappa shape index (κ1) is 22.4. The van der Waals surface area contributed by atoms with Crippen LogP contribution in [0.5, 0.6) is 5.75 Å². The van der Waals surface area contributed by atoms with Gasteiger partial charge in [0.05, 0.1) is 12.4 Å². The van der Waals surface area contributed by atoms with Crippen molar-refractivity contribution in [1.82, 2.24) is 0 Å². The standard InChI is InChI=1S/C21H22FNO5S/c1-3-27-18-10-4-15(5-11-18)19(24)12-28-21(26)14(2)29-13-20(25)23-17-8-6-16(22)7-9-17/h4-11,14H,3,12-13H2,1-2H3,(H,23,25)/t14-/m1/s1. The summed E-state index contributed by atoms with van der Waals surface area (Å²) in [4.78, 5) is 36.1. The smallest absolute Gasteiger partial charge is 0.319 e. The van der Waals surface area contributed by atoms with Crippen LogP contribution in [-0.4, -0.2) is 41.9 Å². The third-order valence-electron chi connectivity index (χ3n) is 3.76. The van der Waals surface area contributed by atoms with Crippen molar-refractivity contribution in [2.24, 2.45) is 0 Å². The molecular weight excluding hydrogens is 397 g/mol. The molecule has 2 aromatic carbocycles. The first-order chi connectivity index (χ1) is 13.9. The van der Waals surface area contributed by atoms with Gasteiger partial charge in [0.15, 0.2) is 12.4 Å². The fraction of sp³-hybridized carbons (Fsp3) is 0.286. The number of Topliss-reactive ketones (excluding diaryl/α,β-unsaturated/α-hetero) is 1. The van der Waals surface area contributed by atoms with E-state index in [0.29, 0.717) is 23.6 Å². The molecule has 0 aromatic heterocycles. The Morgan fingerprint density at radius 3 is 2.34 bits per heavy atom. The average Bonchev–Trinajstić information content (AvgIpc) is 2.72. The third kappa shape index (κ3) is 7.57. The van der Waals surface area contributed by atoms with Crippen molar-refractivity contribution in [2.45, 2.75) is 19.1 Å². The second-order valence-electron chi connectivity index (χ2n) is 6.00. The summed E-state index contributed by atoms with van der Waals surface area (Å²) in [6.45, 7) is 3.62. The lowest BCUT2D eigenvalue weighted by Crippen LogP contribution is -2.23. The van der Waals surface area contributed by atoms with Gasteiger partial charge in [-0.25, -0.2) is 4.39 Å². The topological polar surface area (TPSA) is 81.7 Å². The highest BCUT2D eigenvalue weighted by Crippen LogP contribution is 2.15. The van der Waals surface area contributed by atoms with Crippen LogP contribution in [0, 0.1) is 5.82 Å². The van der Waals surface area contributed by atoms with Gasteiger partial charge in [-0.1, -0.05) is 0 Å². The molecule has 0 saturated heterocycles. The van der Waals surface area contributed by atoms with Crippen molar-refractivity contribution in [3.05, 3.63) is 59.9 Å². The van der Waals surface area contributed by atoms with Gasteiger partial charge in [0.1, 0.15) is 16.8 Å². The van der Waals surface area contributed by atoms with Crippen LogP contribution in [0.1, 0.15) is 24.2 Å². The summed E-state index contributed by atoms with van der Waals surface area (Å²) in [7, 11) is 0. The Morgan fingerprint density at radius 1 is 1.07 bits per heavy atom. The maximum absolute atomic E-state index is 12.9. The van der Waals surface area contributed by atoms with Gasteiger partial charge in [-0.3, -0.25) is 14.4 Å². The molecule has 0 radical (unpaired) electrons. The van der Waals surface area contributed by atoms with Gasteiger partial charge in [-0.15, -0.1) is 11.8 Å². The number of halogens is 1. The van der Waals surface area contributed by atoms with E-state index in [2.05, 4.69) is 5.32 Å². The second kappa shape index (κ2) is 11.2. The number of anilines is 1. The number of amides is 1. The Labute approximate surface area is 172 Å². The van der Waals surface area contributed by atoms with Crippen molar-refractivity contribution in [2.75, 3.05) is 24.3 Å². The molecule has 0 heterocycles. The largest absolute Gasteiger partial charge is 0.494 e.